The van der Waals surface area contributed by atoms with Crippen molar-refractivity contribution in [1.82, 2.24) is 0 Å². The van der Waals surface area contributed by atoms with Gasteiger partial charge < -0.3 is 24.4 Å². The van der Waals surface area contributed by atoms with E-state index < -0.39 is 35.4 Å². The Balaban J connectivity index is 2.49. The number of benzene rings is 2. The quantitative estimate of drug-likeness (QED) is 0.231. The number of carbonyl (C=O) groups excluding carboxylic acids is 4. The molecule has 0 aliphatic carbocycles. The molecule has 0 amide bonds. The zero-order valence-corrected chi connectivity index (χ0v) is 19.8. The lowest BCUT2D eigenvalue weighted by Crippen LogP contribution is -2.14. The molecule has 9 heteroatoms. The molecule has 0 aromatic heterocycles. The van der Waals surface area contributed by atoms with Crippen LogP contribution in [-0.2, 0) is 14.4 Å². The van der Waals surface area contributed by atoms with Gasteiger partial charge in [0.05, 0.1) is 5.56 Å². The second kappa shape index (κ2) is 11.1. The van der Waals surface area contributed by atoms with Gasteiger partial charge in [0.15, 0.2) is 17.3 Å². The topological polar surface area (TPSA) is 136 Å². The van der Waals surface area contributed by atoms with Gasteiger partial charge in [0.1, 0.15) is 17.2 Å². The summed E-state index contributed by atoms with van der Waals surface area (Å²) in [6.07, 6.45) is 0.0246. The second-order valence-corrected chi connectivity index (χ2v) is 7.79. The highest BCUT2D eigenvalue weighted by molar-refractivity contribution is 6.04. The SMILES string of the molecule is C=C(C)C(=O)Oc1ccc(O)c(C(=O)C(C)c2cc(OC(=O)C(=C)C)c(OC(=O)CC)cc2O)c1. The highest BCUT2D eigenvalue weighted by Gasteiger charge is 2.27. The summed E-state index contributed by atoms with van der Waals surface area (Å²) in [4.78, 5) is 48.9. The van der Waals surface area contributed by atoms with Crippen molar-refractivity contribution in [2.75, 3.05) is 0 Å². The highest BCUT2D eigenvalue weighted by Crippen LogP contribution is 2.40. The fourth-order valence-corrected chi connectivity index (χ4v) is 2.80. The van der Waals surface area contributed by atoms with Crippen molar-refractivity contribution < 1.29 is 43.6 Å². The van der Waals surface area contributed by atoms with Gasteiger partial charge in [0.25, 0.3) is 0 Å². The van der Waals surface area contributed by atoms with E-state index in [0.717, 1.165) is 6.07 Å². The molecule has 2 aromatic carbocycles. The summed E-state index contributed by atoms with van der Waals surface area (Å²) >= 11 is 0. The zero-order chi connectivity index (χ0) is 26.4. The first-order valence-corrected chi connectivity index (χ1v) is 10.6. The molecule has 0 fully saturated rings. The van der Waals surface area contributed by atoms with Crippen molar-refractivity contribution in [3.8, 4) is 28.7 Å². The molecular weight excluding hydrogens is 456 g/mol. The number of phenols is 2. The molecule has 0 aliphatic heterocycles. The Morgan fingerprint density at radius 1 is 0.857 bits per heavy atom. The third-order valence-electron chi connectivity index (χ3n) is 4.81. The molecule has 0 aliphatic rings. The van der Waals surface area contributed by atoms with Crippen molar-refractivity contribution in [3.05, 3.63) is 65.8 Å². The standard InChI is InChI=1S/C26H26O9/c1-7-23(29)34-22-12-20(28)17(11-21(22)35-26(32)14(4)5)15(6)24(30)18-10-16(8-9-19(18)27)33-25(31)13(2)3/h8-12,15,27-28H,2,4,7H2,1,3,5-6H3. The van der Waals surface area contributed by atoms with Crippen LogP contribution >= 0.6 is 0 Å². The Morgan fingerprint density at radius 2 is 1.43 bits per heavy atom. The summed E-state index contributed by atoms with van der Waals surface area (Å²) in [5.74, 6) is -5.06. The molecule has 1 unspecified atom stereocenters. The monoisotopic (exact) mass is 482 g/mol. The van der Waals surface area contributed by atoms with Crippen LogP contribution in [0, 0.1) is 0 Å². The maximum atomic E-state index is 13.2. The molecule has 0 radical (unpaired) electrons. The third kappa shape index (κ3) is 6.57. The van der Waals surface area contributed by atoms with Crippen LogP contribution in [0.2, 0.25) is 0 Å². The number of hydrogen-bond acceptors (Lipinski definition) is 9. The van der Waals surface area contributed by atoms with Gasteiger partial charge in [0.2, 0.25) is 0 Å². The lowest BCUT2D eigenvalue weighted by atomic mass is 9.90. The Bertz CT molecular complexity index is 1220. The maximum Gasteiger partial charge on any atom is 0.338 e. The number of ketones is 1. The minimum absolute atomic E-state index is 0.00785. The molecule has 2 aromatic rings. The number of esters is 3. The van der Waals surface area contributed by atoms with Gasteiger partial charge in [-0.05, 0) is 38.1 Å². The van der Waals surface area contributed by atoms with Crippen LogP contribution in [-0.4, -0.2) is 33.9 Å². The summed E-state index contributed by atoms with van der Waals surface area (Å²) in [6.45, 7) is 12.9. The van der Waals surface area contributed by atoms with E-state index in [-0.39, 0.29) is 51.7 Å². The van der Waals surface area contributed by atoms with Gasteiger partial charge >= 0.3 is 17.9 Å². The van der Waals surface area contributed by atoms with E-state index >= 15 is 0 Å². The van der Waals surface area contributed by atoms with Crippen molar-refractivity contribution in [2.24, 2.45) is 0 Å². The molecule has 184 valence electrons. The average molecular weight is 482 g/mol. The van der Waals surface area contributed by atoms with Crippen molar-refractivity contribution >= 4 is 23.7 Å². The van der Waals surface area contributed by atoms with Crippen LogP contribution in [0.3, 0.4) is 0 Å². The molecule has 0 heterocycles. The van der Waals surface area contributed by atoms with Gasteiger partial charge in [-0.25, -0.2) is 9.59 Å². The van der Waals surface area contributed by atoms with Crippen LogP contribution in [0.1, 0.15) is 56.0 Å². The molecule has 2 N–H and O–H groups in total. The smallest absolute Gasteiger partial charge is 0.338 e. The summed E-state index contributed by atoms with van der Waals surface area (Å²) in [6, 6.07) is 5.93. The highest BCUT2D eigenvalue weighted by atomic mass is 16.6. The Labute approximate surface area is 202 Å². The molecule has 35 heavy (non-hydrogen) atoms. The first kappa shape index (κ1) is 26.8. The minimum atomic E-state index is -1.06. The number of rotatable bonds is 9. The normalized spacial score (nSPS) is 11.2. The van der Waals surface area contributed by atoms with E-state index in [1.807, 2.05) is 0 Å². The summed E-state index contributed by atoms with van der Waals surface area (Å²) < 4.78 is 15.5. The van der Waals surface area contributed by atoms with Crippen LogP contribution in [0.4, 0.5) is 0 Å². The van der Waals surface area contributed by atoms with Gasteiger partial charge in [0, 0.05) is 35.1 Å². The van der Waals surface area contributed by atoms with E-state index in [1.165, 1.54) is 45.0 Å². The number of hydrogen-bond donors (Lipinski definition) is 2. The van der Waals surface area contributed by atoms with Crippen molar-refractivity contribution in [1.29, 1.82) is 0 Å². The largest absolute Gasteiger partial charge is 0.508 e. The molecule has 1 atom stereocenters. The Morgan fingerprint density at radius 3 is 2.00 bits per heavy atom. The predicted molar refractivity (Wildman–Crippen MR) is 126 cm³/mol. The number of Topliss-reactive ketones (excluding diaryl/α,β-unsaturated/α-hetero) is 1. The molecule has 0 spiro atoms. The average Bonchev–Trinajstić information content (AvgIpc) is 2.80. The van der Waals surface area contributed by atoms with E-state index in [4.69, 9.17) is 14.2 Å². The predicted octanol–water partition coefficient (Wildman–Crippen LogP) is 4.36. The molecule has 0 saturated carbocycles. The van der Waals surface area contributed by atoms with Gasteiger partial charge in [-0.15, -0.1) is 0 Å². The molecule has 2 rings (SSSR count). The van der Waals surface area contributed by atoms with Crippen LogP contribution in [0.15, 0.2) is 54.6 Å². The molecule has 0 saturated heterocycles. The summed E-state index contributed by atoms with van der Waals surface area (Å²) in [5, 5.41) is 20.8. The van der Waals surface area contributed by atoms with E-state index in [0.29, 0.717) is 0 Å². The van der Waals surface area contributed by atoms with Crippen LogP contribution in [0.25, 0.3) is 0 Å². The fourth-order valence-electron chi connectivity index (χ4n) is 2.80. The number of ether oxygens (including phenoxy) is 3. The van der Waals surface area contributed by atoms with Gasteiger partial charge in [-0.2, -0.15) is 0 Å². The number of carbonyl (C=O) groups is 4. The molecule has 0 bridgehead atoms. The number of aromatic hydroxyl groups is 2. The summed E-state index contributed by atoms with van der Waals surface area (Å²) in [5.41, 5.74) is 0.0675. The molecule has 9 nitrogen and oxygen atoms in total. The fraction of sp³-hybridized carbons (Fsp3) is 0.231. The third-order valence-corrected chi connectivity index (χ3v) is 4.81. The minimum Gasteiger partial charge on any atom is -0.508 e. The lowest BCUT2D eigenvalue weighted by Gasteiger charge is -2.18. The van der Waals surface area contributed by atoms with E-state index in [9.17, 15) is 29.4 Å². The van der Waals surface area contributed by atoms with Gasteiger partial charge in [-0.3, -0.25) is 9.59 Å². The van der Waals surface area contributed by atoms with Crippen molar-refractivity contribution in [3.63, 3.8) is 0 Å². The first-order valence-electron chi connectivity index (χ1n) is 10.6. The summed E-state index contributed by atoms with van der Waals surface area (Å²) in [7, 11) is 0. The van der Waals surface area contributed by atoms with Crippen LogP contribution in [0.5, 0.6) is 28.7 Å². The number of phenolic OH excluding ortho intramolecular Hbond substituents is 2. The van der Waals surface area contributed by atoms with Gasteiger partial charge in [-0.1, -0.05) is 27.0 Å². The Kier molecular flexibility index (Phi) is 8.55. The second-order valence-electron chi connectivity index (χ2n) is 7.79. The lowest BCUT2D eigenvalue weighted by molar-refractivity contribution is -0.135. The maximum absolute atomic E-state index is 13.2. The van der Waals surface area contributed by atoms with Crippen molar-refractivity contribution in [2.45, 2.75) is 40.0 Å². The molecular formula is C26H26O9. The van der Waals surface area contributed by atoms with E-state index in [2.05, 4.69) is 13.2 Å². The van der Waals surface area contributed by atoms with Crippen LogP contribution < -0.4 is 14.2 Å². The zero-order valence-electron chi connectivity index (χ0n) is 19.8. The van der Waals surface area contributed by atoms with E-state index in [1.54, 1.807) is 6.92 Å². The first-order chi connectivity index (χ1) is 16.3. The Hall–Kier alpha value is -4.40.